The van der Waals surface area contributed by atoms with Gasteiger partial charge < -0.3 is 4.74 Å². The minimum absolute atomic E-state index is 0.411. The van der Waals surface area contributed by atoms with Gasteiger partial charge in [0.05, 0.1) is 0 Å². The highest BCUT2D eigenvalue weighted by atomic mass is 16.6. The molecule has 0 N–H and O–H groups in total. The fraction of sp³-hybridized carbons (Fsp3) is 0.714. The summed E-state index contributed by atoms with van der Waals surface area (Å²) in [6, 6.07) is 1.92. The molecule has 0 rings (SSSR count). The molecule has 0 amide bonds. The molecule has 0 aromatic heterocycles. The van der Waals surface area contributed by atoms with E-state index in [1.165, 1.54) is 6.92 Å². The zero-order chi connectivity index (χ0) is 8.20. The number of ether oxygens (including phenoxy) is 1. The third-order valence-electron chi connectivity index (χ3n) is 1.28. The van der Waals surface area contributed by atoms with Crippen molar-refractivity contribution in [3.8, 4) is 6.07 Å². The summed E-state index contributed by atoms with van der Waals surface area (Å²) in [5.74, 6) is -0.411. The molecule has 0 bridgehead atoms. The van der Waals surface area contributed by atoms with Crippen LogP contribution in [0.4, 0.5) is 0 Å². The quantitative estimate of drug-likeness (QED) is 0.543. The number of nitrogens with zero attached hydrogens (tertiary/aromatic N) is 1. The Hall–Kier alpha value is -1.04. The molecule has 0 heterocycles. The molecule has 0 saturated heterocycles. The van der Waals surface area contributed by atoms with Crippen LogP contribution in [0.15, 0.2) is 0 Å². The third kappa shape index (κ3) is 2.49. The van der Waals surface area contributed by atoms with Crippen LogP contribution < -0.4 is 0 Å². The summed E-state index contributed by atoms with van der Waals surface area (Å²) < 4.78 is 4.74. The lowest BCUT2D eigenvalue weighted by Crippen LogP contribution is -2.27. The number of nitriles is 1. The van der Waals surface area contributed by atoms with E-state index in [-0.39, 0.29) is 0 Å². The molecule has 1 unspecified atom stereocenters. The number of rotatable bonds is 2. The Balaban J connectivity index is 4.10. The van der Waals surface area contributed by atoms with Gasteiger partial charge in [-0.1, -0.05) is 6.92 Å². The average molecular weight is 141 g/mol. The Kier molecular flexibility index (Phi) is 2.88. The van der Waals surface area contributed by atoms with Crippen molar-refractivity contribution in [3.63, 3.8) is 0 Å². The van der Waals surface area contributed by atoms with Gasteiger partial charge >= 0.3 is 5.97 Å². The summed E-state index contributed by atoms with van der Waals surface area (Å²) in [5, 5.41) is 8.51. The number of esters is 1. The predicted molar refractivity (Wildman–Crippen MR) is 36.1 cm³/mol. The number of hydrogen-bond donors (Lipinski definition) is 0. The summed E-state index contributed by atoms with van der Waals surface area (Å²) in [7, 11) is 0. The van der Waals surface area contributed by atoms with E-state index in [1.807, 2.05) is 6.07 Å². The first-order chi connectivity index (χ1) is 4.54. The average Bonchev–Trinajstić information content (AvgIpc) is 1.87. The van der Waals surface area contributed by atoms with Crippen LogP contribution in [0.3, 0.4) is 0 Å². The van der Waals surface area contributed by atoms with Crippen molar-refractivity contribution in [2.24, 2.45) is 0 Å². The number of carbonyl (C=O) groups is 1. The lowest BCUT2D eigenvalue weighted by molar-refractivity contribution is -0.150. The highest BCUT2D eigenvalue weighted by Crippen LogP contribution is 2.12. The zero-order valence-electron chi connectivity index (χ0n) is 6.47. The minimum Gasteiger partial charge on any atom is -0.444 e. The van der Waals surface area contributed by atoms with Crippen LogP contribution in [0.1, 0.15) is 27.2 Å². The Morgan fingerprint density at radius 3 is 2.40 bits per heavy atom. The predicted octanol–water partition coefficient (Wildman–Crippen LogP) is 1.24. The van der Waals surface area contributed by atoms with Gasteiger partial charge in [0, 0.05) is 6.92 Å². The summed E-state index contributed by atoms with van der Waals surface area (Å²) in [6.07, 6.45) is 0.517. The van der Waals surface area contributed by atoms with Gasteiger partial charge in [-0.2, -0.15) is 5.26 Å². The van der Waals surface area contributed by atoms with Gasteiger partial charge in [0.2, 0.25) is 0 Å². The minimum atomic E-state index is -0.939. The van der Waals surface area contributed by atoms with Crippen LogP contribution in [0, 0.1) is 11.3 Å². The molecular formula is C7H11NO2. The van der Waals surface area contributed by atoms with Gasteiger partial charge in [-0.25, -0.2) is 0 Å². The van der Waals surface area contributed by atoms with Crippen molar-refractivity contribution in [1.29, 1.82) is 5.26 Å². The van der Waals surface area contributed by atoms with Gasteiger partial charge in [-0.05, 0) is 13.3 Å². The van der Waals surface area contributed by atoms with E-state index in [0.717, 1.165) is 0 Å². The summed E-state index contributed by atoms with van der Waals surface area (Å²) >= 11 is 0. The number of carbonyl (C=O) groups excluding carboxylic acids is 1. The molecule has 10 heavy (non-hydrogen) atoms. The molecule has 3 heteroatoms. The van der Waals surface area contributed by atoms with Gasteiger partial charge in [0.25, 0.3) is 0 Å². The lowest BCUT2D eigenvalue weighted by Gasteiger charge is -2.18. The van der Waals surface area contributed by atoms with Crippen molar-refractivity contribution in [3.05, 3.63) is 0 Å². The Morgan fingerprint density at radius 1 is 1.80 bits per heavy atom. The molecule has 0 radical (unpaired) electrons. The maximum atomic E-state index is 10.4. The molecule has 0 saturated carbocycles. The fourth-order valence-electron chi connectivity index (χ4n) is 0.491. The topological polar surface area (TPSA) is 50.1 Å². The zero-order valence-corrected chi connectivity index (χ0v) is 6.47. The van der Waals surface area contributed by atoms with Crippen molar-refractivity contribution >= 4 is 5.97 Å². The van der Waals surface area contributed by atoms with Crippen LogP contribution in [0.2, 0.25) is 0 Å². The first-order valence-electron chi connectivity index (χ1n) is 3.15. The second-order valence-corrected chi connectivity index (χ2v) is 2.29. The van der Waals surface area contributed by atoms with E-state index in [9.17, 15) is 4.79 Å². The van der Waals surface area contributed by atoms with Crippen LogP contribution >= 0.6 is 0 Å². The van der Waals surface area contributed by atoms with Gasteiger partial charge in [0.1, 0.15) is 6.07 Å². The second-order valence-electron chi connectivity index (χ2n) is 2.29. The first kappa shape index (κ1) is 8.96. The molecule has 1 atom stereocenters. The Labute approximate surface area is 60.6 Å². The number of hydrogen-bond acceptors (Lipinski definition) is 3. The fourth-order valence-corrected chi connectivity index (χ4v) is 0.491. The molecule has 0 aromatic carbocycles. The first-order valence-corrected chi connectivity index (χ1v) is 3.15. The van der Waals surface area contributed by atoms with Gasteiger partial charge in [-0.15, -0.1) is 0 Å². The molecule has 0 spiro atoms. The molecule has 0 aromatic rings. The normalized spacial score (nSPS) is 15.0. The van der Waals surface area contributed by atoms with E-state index < -0.39 is 11.6 Å². The van der Waals surface area contributed by atoms with Crippen LogP contribution in [-0.2, 0) is 9.53 Å². The molecular weight excluding hydrogens is 130 g/mol. The van der Waals surface area contributed by atoms with E-state index in [2.05, 4.69) is 0 Å². The molecule has 3 nitrogen and oxygen atoms in total. The largest absolute Gasteiger partial charge is 0.444 e. The summed E-state index contributed by atoms with van der Waals surface area (Å²) in [4.78, 5) is 10.4. The summed E-state index contributed by atoms with van der Waals surface area (Å²) in [6.45, 7) is 4.69. The SMILES string of the molecule is CCC(C)(C#N)OC(C)=O. The van der Waals surface area contributed by atoms with Crippen LogP contribution in [0.25, 0.3) is 0 Å². The smallest absolute Gasteiger partial charge is 0.304 e. The highest BCUT2D eigenvalue weighted by Gasteiger charge is 2.23. The molecule has 0 aliphatic heterocycles. The van der Waals surface area contributed by atoms with E-state index >= 15 is 0 Å². The van der Waals surface area contributed by atoms with E-state index in [1.54, 1.807) is 13.8 Å². The molecule has 0 aliphatic carbocycles. The lowest BCUT2D eigenvalue weighted by atomic mass is 10.1. The van der Waals surface area contributed by atoms with Crippen molar-refractivity contribution in [2.45, 2.75) is 32.8 Å². The van der Waals surface area contributed by atoms with Gasteiger partial charge in [0.15, 0.2) is 5.60 Å². The molecule has 56 valence electrons. The Morgan fingerprint density at radius 2 is 2.30 bits per heavy atom. The molecule has 0 fully saturated rings. The van der Waals surface area contributed by atoms with Gasteiger partial charge in [-0.3, -0.25) is 4.79 Å². The standard InChI is InChI=1S/C7H11NO2/c1-4-7(3,5-8)10-6(2)9/h4H2,1-3H3. The molecule has 0 aliphatic rings. The Bertz CT molecular complexity index is 171. The van der Waals surface area contributed by atoms with Crippen molar-refractivity contribution < 1.29 is 9.53 Å². The van der Waals surface area contributed by atoms with E-state index in [4.69, 9.17) is 10.00 Å². The van der Waals surface area contributed by atoms with E-state index in [0.29, 0.717) is 6.42 Å². The maximum absolute atomic E-state index is 10.4. The second kappa shape index (κ2) is 3.21. The van der Waals surface area contributed by atoms with Crippen molar-refractivity contribution in [1.82, 2.24) is 0 Å². The highest BCUT2D eigenvalue weighted by molar-refractivity contribution is 5.66. The maximum Gasteiger partial charge on any atom is 0.304 e. The summed E-state index contributed by atoms with van der Waals surface area (Å²) in [5.41, 5.74) is -0.939. The third-order valence-corrected chi connectivity index (χ3v) is 1.28. The monoisotopic (exact) mass is 141 g/mol. The van der Waals surface area contributed by atoms with Crippen LogP contribution in [0.5, 0.6) is 0 Å². The van der Waals surface area contributed by atoms with Crippen LogP contribution in [-0.4, -0.2) is 11.6 Å². The van der Waals surface area contributed by atoms with Crippen molar-refractivity contribution in [2.75, 3.05) is 0 Å².